The van der Waals surface area contributed by atoms with Crippen LogP contribution < -0.4 is 5.32 Å². The molecule has 0 radical (unpaired) electrons. The molecule has 1 N–H and O–H groups in total. The lowest BCUT2D eigenvalue weighted by Gasteiger charge is -2.38. The maximum atomic E-state index is 13.4. The van der Waals surface area contributed by atoms with Gasteiger partial charge in [-0.2, -0.15) is 0 Å². The van der Waals surface area contributed by atoms with Crippen molar-refractivity contribution in [3.05, 3.63) is 88.4 Å². The molecule has 0 aromatic heterocycles. The Morgan fingerprint density at radius 1 is 1.00 bits per heavy atom. The lowest BCUT2D eigenvalue weighted by atomic mass is 9.69. The van der Waals surface area contributed by atoms with Gasteiger partial charge < -0.3 is 10.1 Å². The lowest BCUT2D eigenvalue weighted by Crippen LogP contribution is -2.34. The molecule has 2 aliphatic rings. The largest absolute Gasteiger partial charge is 0.465 e. The molecule has 0 saturated carbocycles. The molecule has 1 aliphatic heterocycles. The highest BCUT2D eigenvalue weighted by atomic mass is 16.5. The molecule has 2 aromatic rings. The second kappa shape index (κ2) is 7.60. The van der Waals surface area contributed by atoms with E-state index in [1.54, 1.807) is 0 Å². The van der Waals surface area contributed by atoms with Crippen molar-refractivity contribution >= 4 is 17.4 Å². The van der Waals surface area contributed by atoms with Gasteiger partial charge in [0.25, 0.3) is 5.91 Å². The van der Waals surface area contributed by atoms with E-state index < -0.39 is 5.92 Å². The van der Waals surface area contributed by atoms with Crippen LogP contribution in [-0.2, 0) is 14.3 Å². The Morgan fingerprint density at radius 2 is 1.67 bits per heavy atom. The average molecular weight is 402 g/mol. The van der Waals surface area contributed by atoms with Crippen LogP contribution in [0.1, 0.15) is 50.7 Å². The number of hydrogen-bond donors (Lipinski definition) is 1. The van der Waals surface area contributed by atoms with Gasteiger partial charge >= 0.3 is 0 Å². The van der Waals surface area contributed by atoms with Gasteiger partial charge in [-0.05, 0) is 37.0 Å². The summed E-state index contributed by atoms with van der Waals surface area (Å²) in [4.78, 5) is 26.6. The molecule has 4 heteroatoms. The summed E-state index contributed by atoms with van der Waals surface area (Å²) in [5.41, 5.74) is 3.74. The zero-order valence-corrected chi connectivity index (χ0v) is 17.9. The van der Waals surface area contributed by atoms with Gasteiger partial charge in [0.1, 0.15) is 11.5 Å². The minimum Gasteiger partial charge on any atom is -0.465 e. The highest BCUT2D eigenvalue weighted by Gasteiger charge is 2.44. The van der Waals surface area contributed by atoms with Crippen LogP contribution in [0.3, 0.4) is 0 Å². The van der Waals surface area contributed by atoms with E-state index in [1.165, 1.54) is 0 Å². The molecule has 1 heterocycles. The molecule has 30 heavy (non-hydrogen) atoms. The van der Waals surface area contributed by atoms with Crippen molar-refractivity contribution in [1.82, 2.24) is 0 Å². The Kier molecular flexibility index (Phi) is 5.10. The molecule has 1 atom stereocenters. The van der Waals surface area contributed by atoms with E-state index in [1.807, 2.05) is 68.4 Å². The van der Waals surface area contributed by atoms with E-state index in [9.17, 15) is 9.59 Å². The van der Waals surface area contributed by atoms with Crippen LogP contribution in [0.5, 0.6) is 0 Å². The summed E-state index contributed by atoms with van der Waals surface area (Å²) in [6.07, 6.45) is 1.13. The zero-order valence-electron chi connectivity index (χ0n) is 17.9. The fourth-order valence-electron chi connectivity index (χ4n) is 4.38. The maximum absolute atomic E-state index is 13.4. The van der Waals surface area contributed by atoms with Gasteiger partial charge in [0, 0.05) is 30.0 Å². The first kappa shape index (κ1) is 20.1. The van der Waals surface area contributed by atoms with E-state index in [2.05, 4.69) is 19.2 Å². The molecule has 0 spiro atoms. The monoisotopic (exact) mass is 401 g/mol. The van der Waals surface area contributed by atoms with Crippen molar-refractivity contribution in [3.8, 4) is 0 Å². The summed E-state index contributed by atoms with van der Waals surface area (Å²) in [6.45, 7) is 8.00. The number of nitrogens with one attached hydrogen (secondary N) is 1. The van der Waals surface area contributed by atoms with E-state index in [0.717, 1.165) is 11.1 Å². The van der Waals surface area contributed by atoms with E-state index in [0.29, 0.717) is 41.2 Å². The Hall–Kier alpha value is -3.14. The number of para-hydroxylation sites is 1. The molecule has 2 aromatic carbocycles. The second-order valence-electron chi connectivity index (χ2n) is 9.01. The number of hydrogen-bond acceptors (Lipinski definition) is 3. The highest BCUT2D eigenvalue weighted by Crippen LogP contribution is 2.48. The van der Waals surface area contributed by atoms with Crippen LogP contribution in [0.4, 0.5) is 5.69 Å². The first-order chi connectivity index (χ1) is 14.2. The van der Waals surface area contributed by atoms with Gasteiger partial charge in [-0.25, -0.2) is 0 Å². The summed E-state index contributed by atoms with van der Waals surface area (Å²) in [7, 11) is 0. The summed E-state index contributed by atoms with van der Waals surface area (Å²) in [5, 5.41) is 2.97. The minimum atomic E-state index is -0.429. The Labute approximate surface area is 177 Å². The van der Waals surface area contributed by atoms with Gasteiger partial charge in [-0.3, -0.25) is 9.59 Å². The van der Waals surface area contributed by atoms with Crippen LogP contribution in [0.25, 0.3) is 0 Å². The third kappa shape index (κ3) is 3.82. The number of benzene rings is 2. The SMILES string of the molecule is CC1=C(C(=O)Nc2ccccc2)C(c2ccc(C)cc2)C2=C(CC(C)(C)CC2=O)O1. The molecular formula is C26H27NO3. The fourth-order valence-corrected chi connectivity index (χ4v) is 4.38. The van der Waals surface area contributed by atoms with Gasteiger partial charge in [-0.15, -0.1) is 0 Å². The fraction of sp³-hybridized carbons (Fsp3) is 0.308. The Balaban J connectivity index is 1.81. The van der Waals surface area contributed by atoms with Crippen LogP contribution >= 0.6 is 0 Å². The van der Waals surface area contributed by atoms with Gasteiger partial charge in [0.05, 0.1) is 5.57 Å². The standard InChI is InChI=1S/C26H27NO3/c1-16-10-12-18(13-11-16)23-22(25(29)27-19-8-6-5-7-9-19)17(2)30-21-15-26(3,4)14-20(28)24(21)23/h5-13,23H,14-15H2,1-4H3,(H,27,29). The van der Waals surface area contributed by atoms with Crippen LogP contribution in [-0.4, -0.2) is 11.7 Å². The molecule has 0 saturated heterocycles. The van der Waals surface area contributed by atoms with Crippen LogP contribution in [0, 0.1) is 12.3 Å². The molecule has 0 bridgehead atoms. The normalized spacial score (nSPS) is 20.5. The number of ether oxygens (including phenoxy) is 1. The van der Waals surface area contributed by atoms with Crippen molar-refractivity contribution in [3.63, 3.8) is 0 Å². The van der Waals surface area contributed by atoms with Crippen LogP contribution in [0.15, 0.2) is 77.3 Å². The Morgan fingerprint density at radius 3 is 2.33 bits per heavy atom. The summed E-state index contributed by atoms with van der Waals surface area (Å²) >= 11 is 0. The quantitative estimate of drug-likeness (QED) is 0.721. The van der Waals surface area contributed by atoms with E-state index in [4.69, 9.17) is 4.74 Å². The molecule has 1 amide bonds. The zero-order chi connectivity index (χ0) is 21.5. The maximum Gasteiger partial charge on any atom is 0.255 e. The molecule has 154 valence electrons. The lowest BCUT2D eigenvalue weighted by molar-refractivity contribution is -0.119. The van der Waals surface area contributed by atoms with Crippen molar-refractivity contribution in [2.75, 3.05) is 5.32 Å². The third-order valence-electron chi connectivity index (χ3n) is 5.80. The number of anilines is 1. The number of Topliss-reactive ketones (excluding diaryl/α,β-unsaturated/α-hetero) is 1. The highest BCUT2D eigenvalue weighted by molar-refractivity contribution is 6.09. The predicted octanol–water partition coefficient (Wildman–Crippen LogP) is 5.66. The van der Waals surface area contributed by atoms with E-state index >= 15 is 0 Å². The van der Waals surface area contributed by atoms with E-state index in [-0.39, 0.29) is 17.1 Å². The van der Waals surface area contributed by atoms with Gasteiger partial charge in [-0.1, -0.05) is 61.9 Å². The summed E-state index contributed by atoms with van der Waals surface area (Å²) in [6, 6.07) is 17.4. The summed E-state index contributed by atoms with van der Waals surface area (Å²) in [5.74, 6) is 0.647. The number of ketones is 1. The van der Waals surface area contributed by atoms with Gasteiger partial charge in [0.2, 0.25) is 0 Å². The van der Waals surface area contributed by atoms with Crippen LogP contribution in [0.2, 0.25) is 0 Å². The van der Waals surface area contributed by atoms with Crippen molar-refractivity contribution in [2.45, 2.75) is 46.5 Å². The number of amides is 1. The number of allylic oxidation sites excluding steroid dienone is 3. The molecule has 1 aliphatic carbocycles. The number of aryl methyl sites for hydroxylation is 1. The van der Waals surface area contributed by atoms with Crippen molar-refractivity contribution < 1.29 is 14.3 Å². The number of rotatable bonds is 3. The third-order valence-corrected chi connectivity index (χ3v) is 5.80. The number of carbonyl (C=O) groups is 2. The molecule has 4 nitrogen and oxygen atoms in total. The first-order valence-corrected chi connectivity index (χ1v) is 10.3. The van der Waals surface area contributed by atoms with Crippen molar-refractivity contribution in [1.29, 1.82) is 0 Å². The molecule has 4 rings (SSSR count). The molecule has 1 unspecified atom stereocenters. The first-order valence-electron chi connectivity index (χ1n) is 10.3. The average Bonchev–Trinajstić information content (AvgIpc) is 2.67. The molecule has 0 fully saturated rings. The molecular weight excluding hydrogens is 374 g/mol. The van der Waals surface area contributed by atoms with Gasteiger partial charge in [0.15, 0.2) is 5.78 Å². The predicted molar refractivity (Wildman–Crippen MR) is 118 cm³/mol. The summed E-state index contributed by atoms with van der Waals surface area (Å²) < 4.78 is 6.12. The topological polar surface area (TPSA) is 55.4 Å². The minimum absolute atomic E-state index is 0.0596. The Bertz CT molecular complexity index is 1060. The van der Waals surface area contributed by atoms with Crippen molar-refractivity contribution in [2.24, 2.45) is 5.41 Å². The number of carbonyl (C=O) groups excluding carboxylic acids is 2. The second-order valence-corrected chi connectivity index (χ2v) is 9.01. The smallest absolute Gasteiger partial charge is 0.255 e.